The van der Waals surface area contributed by atoms with E-state index in [1.807, 2.05) is 7.05 Å². The van der Waals surface area contributed by atoms with E-state index >= 15 is 0 Å². The second-order valence-electron chi connectivity index (χ2n) is 7.85. The Morgan fingerprint density at radius 3 is 2.11 bits per heavy atom. The lowest BCUT2D eigenvalue weighted by atomic mass is 9.78. The van der Waals surface area contributed by atoms with E-state index in [2.05, 4.69) is 98.0 Å². The van der Waals surface area contributed by atoms with Crippen molar-refractivity contribution in [2.75, 3.05) is 7.05 Å². The molecule has 1 N–H and O–H groups in total. The summed E-state index contributed by atoms with van der Waals surface area (Å²) in [5.41, 5.74) is 5.25. The number of hydrogen-bond acceptors (Lipinski definition) is 2. The van der Waals surface area contributed by atoms with E-state index in [4.69, 9.17) is 4.74 Å². The average molecular weight is 394 g/mol. The third-order valence-electron chi connectivity index (χ3n) is 5.87. The first-order valence-corrected chi connectivity index (χ1v) is 9.67. The molecule has 146 valence electrons. The first kappa shape index (κ1) is 20.4. The molecule has 0 aliphatic heterocycles. The Balaban J connectivity index is 0.00000225. The minimum atomic E-state index is -0.0345. The zero-order chi connectivity index (χ0) is 18.9. The lowest BCUT2D eigenvalue weighted by Crippen LogP contribution is -2.32. The highest BCUT2D eigenvalue weighted by atomic mass is 35.5. The van der Waals surface area contributed by atoms with Crippen LogP contribution in [0.25, 0.3) is 0 Å². The summed E-state index contributed by atoms with van der Waals surface area (Å²) in [4.78, 5) is 0. The van der Waals surface area contributed by atoms with Crippen LogP contribution in [0.1, 0.15) is 42.2 Å². The van der Waals surface area contributed by atoms with Gasteiger partial charge in [0.1, 0.15) is 11.9 Å². The molecule has 0 saturated carbocycles. The Morgan fingerprint density at radius 1 is 0.821 bits per heavy atom. The molecule has 4 rings (SSSR count). The number of benzene rings is 3. The Morgan fingerprint density at radius 2 is 1.43 bits per heavy atom. The molecule has 3 aromatic rings. The van der Waals surface area contributed by atoms with Gasteiger partial charge in [-0.15, -0.1) is 12.4 Å². The largest absolute Gasteiger partial charge is 0.484 e. The van der Waals surface area contributed by atoms with Gasteiger partial charge in [-0.3, -0.25) is 0 Å². The third-order valence-corrected chi connectivity index (χ3v) is 5.87. The van der Waals surface area contributed by atoms with E-state index in [1.54, 1.807) is 0 Å². The van der Waals surface area contributed by atoms with E-state index < -0.39 is 0 Å². The summed E-state index contributed by atoms with van der Waals surface area (Å²) >= 11 is 0. The van der Waals surface area contributed by atoms with Gasteiger partial charge >= 0.3 is 0 Å². The van der Waals surface area contributed by atoms with Crippen LogP contribution in [0, 0.1) is 0 Å². The van der Waals surface area contributed by atoms with Gasteiger partial charge in [-0.1, -0.05) is 80.6 Å². The predicted octanol–water partition coefficient (Wildman–Crippen LogP) is 5.70. The molecule has 3 aromatic carbocycles. The summed E-state index contributed by atoms with van der Waals surface area (Å²) in [6, 6.07) is 28.1. The fraction of sp³-hybridized carbons (Fsp3) is 0.280. The van der Waals surface area contributed by atoms with Gasteiger partial charge in [0, 0.05) is 5.41 Å². The zero-order valence-corrected chi connectivity index (χ0v) is 17.5. The van der Waals surface area contributed by atoms with Gasteiger partial charge in [-0.05, 0) is 47.9 Å². The highest BCUT2D eigenvalue weighted by Crippen LogP contribution is 2.36. The summed E-state index contributed by atoms with van der Waals surface area (Å²) < 4.78 is 6.42. The molecule has 2 atom stereocenters. The molecule has 0 fully saturated rings. The third kappa shape index (κ3) is 3.80. The standard InChI is InChI=1S/C25H27NO.ClH/c1-25(2,19-10-5-4-6-11-19)20-13-15-21(16-14-20)27-24-22-12-8-7-9-18(22)17-23(24)26-3;/h4-16,23-24,26H,17H2,1-3H3;1H/t23-,24+;/m1./s1. The van der Waals surface area contributed by atoms with Crippen LogP contribution in [0.5, 0.6) is 5.75 Å². The molecule has 0 saturated heterocycles. The van der Waals surface area contributed by atoms with Gasteiger partial charge < -0.3 is 10.1 Å². The van der Waals surface area contributed by atoms with Crippen LogP contribution in [0.4, 0.5) is 0 Å². The van der Waals surface area contributed by atoms with Crippen LogP contribution in [-0.4, -0.2) is 13.1 Å². The highest BCUT2D eigenvalue weighted by molar-refractivity contribution is 5.85. The molecule has 1 aliphatic rings. The minimum absolute atomic E-state index is 0. The number of likely N-dealkylation sites (N-methyl/N-ethyl adjacent to an activating group) is 1. The SMILES string of the molecule is CN[C@@H]1Cc2ccccc2[C@@H]1Oc1ccc(C(C)(C)c2ccccc2)cc1.Cl. The van der Waals surface area contributed by atoms with Crippen molar-refractivity contribution in [3.63, 3.8) is 0 Å². The van der Waals surface area contributed by atoms with E-state index in [9.17, 15) is 0 Å². The van der Waals surface area contributed by atoms with Crippen LogP contribution >= 0.6 is 12.4 Å². The van der Waals surface area contributed by atoms with Gasteiger partial charge in [0.25, 0.3) is 0 Å². The van der Waals surface area contributed by atoms with Crippen LogP contribution < -0.4 is 10.1 Å². The molecule has 0 amide bonds. The molecule has 0 bridgehead atoms. The van der Waals surface area contributed by atoms with Crippen LogP contribution in [0.3, 0.4) is 0 Å². The molecule has 3 heteroatoms. The van der Waals surface area contributed by atoms with Gasteiger partial charge in [0.15, 0.2) is 0 Å². The summed E-state index contributed by atoms with van der Waals surface area (Å²) in [6.07, 6.45) is 1.07. The quantitative estimate of drug-likeness (QED) is 0.600. The Kier molecular flexibility index (Phi) is 6.12. The van der Waals surface area contributed by atoms with Crippen molar-refractivity contribution in [3.05, 3.63) is 101 Å². The first-order chi connectivity index (χ1) is 13.1. The number of halogens is 1. The Hall–Kier alpha value is -2.29. The normalized spacial score (nSPS) is 18.2. The van der Waals surface area contributed by atoms with Gasteiger partial charge in [-0.25, -0.2) is 0 Å². The fourth-order valence-electron chi connectivity index (χ4n) is 4.08. The van der Waals surface area contributed by atoms with Crippen LogP contribution in [0.15, 0.2) is 78.9 Å². The van der Waals surface area contributed by atoms with Crippen molar-refractivity contribution >= 4 is 12.4 Å². The van der Waals surface area contributed by atoms with Crippen molar-refractivity contribution in [2.45, 2.75) is 37.8 Å². The molecule has 0 aromatic heterocycles. The monoisotopic (exact) mass is 393 g/mol. The molecule has 2 nitrogen and oxygen atoms in total. The second-order valence-corrected chi connectivity index (χ2v) is 7.85. The minimum Gasteiger partial charge on any atom is -0.484 e. The zero-order valence-electron chi connectivity index (χ0n) is 16.7. The molecule has 0 radical (unpaired) electrons. The van der Waals surface area contributed by atoms with Crippen molar-refractivity contribution in [3.8, 4) is 5.75 Å². The van der Waals surface area contributed by atoms with E-state index in [0.29, 0.717) is 6.04 Å². The van der Waals surface area contributed by atoms with Crippen molar-refractivity contribution in [1.82, 2.24) is 5.32 Å². The number of nitrogens with one attached hydrogen (secondary N) is 1. The maximum Gasteiger partial charge on any atom is 0.140 e. The molecule has 28 heavy (non-hydrogen) atoms. The van der Waals surface area contributed by atoms with Crippen LogP contribution in [-0.2, 0) is 11.8 Å². The summed E-state index contributed by atoms with van der Waals surface area (Å²) in [7, 11) is 2.01. The number of rotatable bonds is 5. The van der Waals surface area contributed by atoms with E-state index in [1.165, 1.54) is 22.3 Å². The van der Waals surface area contributed by atoms with Crippen LogP contribution in [0.2, 0.25) is 0 Å². The Labute approximate surface area is 174 Å². The molecule has 0 heterocycles. The van der Waals surface area contributed by atoms with Crippen molar-refractivity contribution in [1.29, 1.82) is 0 Å². The van der Waals surface area contributed by atoms with Gasteiger partial charge in [0.2, 0.25) is 0 Å². The molecular weight excluding hydrogens is 366 g/mol. The fourth-order valence-corrected chi connectivity index (χ4v) is 4.08. The number of fused-ring (bicyclic) bond motifs is 1. The number of ether oxygens (including phenoxy) is 1. The summed E-state index contributed by atoms with van der Waals surface area (Å²) in [5, 5.41) is 3.41. The predicted molar refractivity (Wildman–Crippen MR) is 119 cm³/mol. The number of hydrogen-bond donors (Lipinski definition) is 1. The molecular formula is C25H28ClNO. The molecule has 1 aliphatic carbocycles. The molecule has 0 spiro atoms. The van der Waals surface area contributed by atoms with E-state index in [-0.39, 0.29) is 23.9 Å². The molecule has 0 unspecified atom stereocenters. The maximum atomic E-state index is 6.42. The maximum absolute atomic E-state index is 6.42. The smallest absolute Gasteiger partial charge is 0.140 e. The van der Waals surface area contributed by atoms with Crippen molar-refractivity contribution in [2.24, 2.45) is 0 Å². The van der Waals surface area contributed by atoms with Gasteiger partial charge in [-0.2, -0.15) is 0 Å². The summed E-state index contributed by atoms with van der Waals surface area (Å²) in [5.74, 6) is 0.921. The lowest BCUT2D eigenvalue weighted by Gasteiger charge is -2.27. The average Bonchev–Trinajstić information content (AvgIpc) is 3.07. The second kappa shape index (κ2) is 8.38. The van der Waals surface area contributed by atoms with E-state index in [0.717, 1.165) is 12.2 Å². The first-order valence-electron chi connectivity index (χ1n) is 9.67. The Bertz CT molecular complexity index is 905. The highest BCUT2D eigenvalue weighted by Gasteiger charge is 2.33. The lowest BCUT2D eigenvalue weighted by molar-refractivity contribution is 0.172. The summed E-state index contributed by atoms with van der Waals surface area (Å²) in [6.45, 7) is 4.53. The van der Waals surface area contributed by atoms with Gasteiger partial charge in [0.05, 0.1) is 6.04 Å². The topological polar surface area (TPSA) is 21.3 Å². The van der Waals surface area contributed by atoms with Crippen molar-refractivity contribution < 1.29 is 4.74 Å².